The van der Waals surface area contributed by atoms with E-state index in [1.807, 2.05) is 13.8 Å². The molecule has 2 N–H and O–H groups in total. The standard InChI is InChI=1S/C25H24Cl2N2O5/c1-14(2)24-18(23(29-34-24)22-19(26)5-4-6-20(22)27)13-33-17-10-7-16(8-11-17)9-12-21(30)28-15(3)25(31)32/h4-12,14-15H,13H2,1-3H3,(H,28,30)(H,31,32)/b12-9+/t15-/m0/s1. The summed E-state index contributed by atoms with van der Waals surface area (Å²) in [5.74, 6) is -0.227. The summed E-state index contributed by atoms with van der Waals surface area (Å²) >= 11 is 12.8. The predicted octanol–water partition coefficient (Wildman–Crippen LogP) is 5.95. The average Bonchev–Trinajstić information content (AvgIpc) is 3.20. The van der Waals surface area contributed by atoms with Crippen molar-refractivity contribution in [2.75, 3.05) is 0 Å². The van der Waals surface area contributed by atoms with E-state index in [4.69, 9.17) is 37.6 Å². The molecule has 0 saturated carbocycles. The van der Waals surface area contributed by atoms with E-state index < -0.39 is 17.9 Å². The van der Waals surface area contributed by atoms with Crippen molar-refractivity contribution in [2.45, 2.75) is 39.3 Å². The first-order chi connectivity index (χ1) is 16.2. The molecular weight excluding hydrogens is 479 g/mol. The number of carboxylic acids is 1. The van der Waals surface area contributed by atoms with Crippen LogP contribution in [0.2, 0.25) is 10.0 Å². The van der Waals surface area contributed by atoms with Crippen molar-refractivity contribution in [3.63, 3.8) is 0 Å². The van der Waals surface area contributed by atoms with Crippen molar-refractivity contribution in [3.8, 4) is 17.0 Å². The number of amides is 1. The Kier molecular flexibility index (Phi) is 8.36. The monoisotopic (exact) mass is 502 g/mol. The third-order valence-electron chi connectivity index (χ3n) is 4.96. The lowest BCUT2D eigenvalue weighted by atomic mass is 10.0. The molecular formula is C25H24Cl2N2O5. The molecule has 0 fully saturated rings. The molecule has 1 amide bonds. The molecule has 0 unspecified atom stereocenters. The van der Waals surface area contributed by atoms with Crippen molar-refractivity contribution < 1.29 is 24.0 Å². The van der Waals surface area contributed by atoms with Gasteiger partial charge in [-0.2, -0.15) is 0 Å². The van der Waals surface area contributed by atoms with Gasteiger partial charge in [0.2, 0.25) is 5.91 Å². The summed E-state index contributed by atoms with van der Waals surface area (Å²) in [5, 5.41) is 16.4. The number of aliphatic carboxylic acids is 1. The van der Waals surface area contributed by atoms with Gasteiger partial charge in [0.15, 0.2) is 0 Å². The number of hydrogen-bond acceptors (Lipinski definition) is 5. The number of carbonyl (C=O) groups excluding carboxylic acids is 1. The molecule has 1 aromatic heterocycles. The van der Waals surface area contributed by atoms with Crippen LogP contribution in [0.15, 0.2) is 53.1 Å². The molecule has 0 bridgehead atoms. The quantitative estimate of drug-likeness (QED) is 0.350. The van der Waals surface area contributed by atoms with Crippen LogP contribution in [-0.4, -0.2) is 28.2 Å². The topological polar surface area (TPSA) is 102 Å². The number of nitrogens with one attached hydrogen (secondary N) is 1. The number of carbonyl (C=O) groups is 2. The number of nitrogens with zero attached hydrogens (tertiary/aromatic N) is 1. The Morgan fingerprint density at radius 3 is 2.35 bits per heavy atom. The molecule has 1 atom stereocenters. The number of carboxylic acid groups (broad SMARTS) is 1. The molecule has 178 valence electrons. The molecule has 2 aromatic carbocycles. The van der Waals surface area contributed by atoms with Gasteiger partial charge < -0.3 is 19.7 Å². The predicted molar refractivity (Wildman–Crippen MR) is 131 cm³/mol. The van der Waals surface area contributed by atoms with Gasteiger partial charge >= 0.3 is 5.97 Å². The van der Waals surface area contributed by atoms with Crippen LogP contribution in [0.5, 0.6) is 5.75 Å². The van der Waals surface area contributed by atoms with E-state index in [1.54, 1.807) is 48.5 Å². The summed E-state index contributed by atoms with van der Waals surface area (Å²) in [7, 11) is 0. The number of halogens is 2. The summed E-state index contributed by atoms with van der Waals surface area (Å²) in [6.07, 6.45) is 2.86. The molecule has 0 radical (unpaired) electrons. The molecule has 9 heteroatoms. The second kappa shape index (κ2) is 11.2. The Morgan fingerprint density at radius 1 is 1.12 bits per heavy atom. The Balaban J connectivity index is 1.74. The van der Waals surface area contributed by atoms with Gasteiger partial charge in [0, 0.05) is 17.6 Å². The lowest BCUT2D eigenvalue weighted by Gasteiger charge is -2.11. The third-order valence-corrected chi connectivity index (χ3v) is 5.59. The summed E-state index contributed by atoms with van der Waals surface area (Å²) in [6, 6.07) is 11.4. The highest BCUT2D eigenvalue weighted by Crippen LogP contribution is 2.38. The molecule has 0 aliphatic rings. The molecule has 7 nitrogen and oxygen atoms in total. The van der Waals surface area contributed by atoms with Crippen molar-refractivity contribution in [2.24, 2.45) is 0 Å². The zero-order valence-electron chi connectivity index (χ0n) is 18.8. The van der Waals surface area contributed by atoms with Gasteiger partial charge in [0.05, 0.1) is 15.6 Å². The minimum atomic E-state index is -1.10. The Hall–Kier alpha value is -3.29. The number of rotatable bonds is 9. The van der Waals surface area contributed by atoms with Crippen LogP contribution < -0.4 is 10.1 Å². The number of benzene rings is 2. The van der Waals surface area contributed by atoms with Crippen LogP contribution in [0.3, 0.4) is 0 Å². The lowest BCUT2D eigenvalue weighted by molar-refractivity contribution is -0.140. The maximum atomic E-state index is 11.8. The molecule has 0 aliphatic carbocycles. The highest BCUT2D eigenvalue weighted by Gasteiger charge is 2.23. The SMILES string of the molecule is CC(C)c1onc(-c2c(Cl)cccc2Cl)c1COc1ccc(/C=C/C(=O)N[C@@H](C)C(=O)O)cc1. The minimum absolute atomic E-state index is 0.0728. The van der Waals surface area contributed by atoms with Crippen molar-refractivity contribution >= 4 is 41.2 Å². The smallest absolute Gasteiger partial charge is 0.325 e. The fraction of sp³-hybridized carbons (Fsp3) is 0.240. The maximum absolute atomic E-state index is 11.8. The number of hydrogen-bond donors (Lipinski definition) is 2. The van der Waals surface area contributed by atoms with Crippen LogP contribution in [0.25, 0.3) is 17.3 Å². The zero-order valence-corrected chi connectivity index (χ0v) is 20.4. The van der Waals surface area contributed by atoms with E-state index in [2.05, 4.69) is 10.5 Å². The van der Waals surface area contributed by atoms with Gasteiger partial charge in [-0.15, -0.1) is 0 Å². The van der Waals surface area contributed by atoms with Gasteiger partial charge in [-0.3, -0.25) is 9.59 Å². The van der Waals surface area contributed by atoms with Crippen LogP contribution in [0.1, 0.15) is 43.6 Å². The van der Waals surface area contributed by atoms with E-state index in [0.29, 0.717) is 32.8 Å². The van der Waals surface area contributed by atoms with Crippen molar-refractivity contribution in [1.82, 2.24) is 10.5 Å². The van der Waals surface area contributed by atoms with Gasteiger partial charge in [0.1, 0.15) is 29.9 Å². The number of ether oxygens (including phenoxy) is 1. The molecule has 0 spiro atoms. The first kappa shape index (κ1) is 25.3. The van der Waals surface area contributed by atoms with Gasteiger partial charge in [-0.25, -0.2) is 0 Å². The van der Waals surface area contributed by atoms with Crippen LogP contribution in [-0.2, 0) is 16.2 Å². The summed E-state index contributed by atoms with van der Waals surface area (Å²) in [6.45, 7) is 5.58. The molecule has 3 rings (SSSR count). The first-order valence-corrected chi connectivity index (χ1v) is 11.3. The average molecular weight is 503 g/mol. The van der Waals surface area contributed by atoms with E-state index in [1.165, 1.54) is 13.0 Å². The van der Waals surface area contributed by atoms with E-state index in [-0.39, 0.29) is 12.5 Å². The second-order valence-corrected chi connectivity index (χ2v) is 8.70. The molecule has 34 heavy (non-hydrogen) atoms. The van der Waals surface area contributed by atoms with Crippen LogP contribution >= 0.6 is 23.2 Å². The molecule has 1 heterocycles. The summed E-state index contributed by atoms with van der Waals surface area (Å²) < 4.78 is 11.6. The number of aromatic nitrogens is 1. The summed E-state index contributed by atoms with van der Waals surface area (Å²) in [4.78, 5) is 22.6. The fourth-order valence-corrected chi connectivity index (χ4v) is 3.74. The van der Waals surface area contributed by atoms with Crippen LogP contribution in [0.4, 0.5) is 0 Å². The minimum Gasteiger partial charge on any atom is -0.489 e. The van der Waals surface area contributed by atoms with Gasteiger partial charge in [-0.1, -0.05) is 60.4 Å². The van der Waals surface area contributed by atoms with E-state index >= 15 is 0 Å². The van der Waals surface area contributed by atoms with Gasteiger partial charge in [-0.05, 0) is 42.8 Å². The molecule has 0 saturated heterocycles. The Bertz CT molecular complexity index is 1180. The van der Waals surface area contributed by atoms with Crippen molar-refractivity contribution in [3.05, 3.63) is 75.5 Å². The molecule has 3 aromatic rings. The third kappa shape index (κ3) is 6.18. The largest absolute Gasteiger partial charge is 0.489 e. The summed E-state index contributed by atoms with van der Waals surface area (Å²) in [5.41, 5.74) is 2.65. The lowest BCUT2D eigenvalue weighted by Crippen LogP contribution is -2.37. The first-order valence-electron chi connectivity index (χ1n) is 10.5. The van der Waals surface area contributed by atoms with E-state index in [0.717, 1.165) is 11.1 Å². The zero-order chi connectivity index (χ0) is 24.8. The normalized spacial score (nSPS) is 12.2. The highest BCUT2D eigenvalue weighted by atomic mass is 35.5. The maximum Gasteiger partial charge on any atom is 0.325 e. The van der Waals surface area contributed by atoms with Crippen molar-refractivity contribution in [1.29, 1.82) is 0 Å². The van der Waals surface area contributed by atoms with Crippen LogP contribution in [0, 0.1) is 0 Å². The van der Waals surface area contributed by atoms with Gasteiger partial charge in [0.25, 0.3) is 0 Å². The second-order valence-electron chi connectivity index (χ2n) is 7.88. The fourth-order valence-electron chi connectivity index (χ4n) is 3.16. The highest BCUT2D eigenvalue weighted by molar-refractivity contribution is 6.39. The van der Waals surface area contributed by atoms with E-state index in [9.17, 15) is 9.59 Å². The molecule has 0 aliphatic heterocycles. The Morgan fingerprint density at radius 2 is 1.76 bits per heavy atom. The Labute approximate surface area is 207 Å².